The molecule has 0 saturated heterocycles. The zero-order valence-corrected chi connectivity index (χ0v) is 12.7. The second-order valence-electron chi connectivity index (χ2n) is 4.59. The van der Waals surface area contributed by atoms with Gasteiger partial charge in [0.25, 0.3) is 0 Å². The summed E-state index contributed by atoms with van der Waals surface area (Å²) in [4.78, 5) is 6.34. The summed E-state index contributed by atoms with van der Waals surface area (Å²) in [6.07, 6.45) is 5.58. The van der Waals surface area contributed by atoms with Gasteiger partial charge in [0.2, 0.25) is 0 Å². The van der Waals surface area contributed by atoms with Crippen LogP contribution in [0.2, 0.25) is 0 Å². The van der Waals surface area contributed by atoms with Crippen LogP contribution in [0.15, 0.2) is 30.9 Å². The number of hydrogen-bond acceptors (Lipinski definition) is 4. The van der Waals surface area contributed by atoms with E-state index >= 15 is 0 Å². The van der Waals surface area contributed by atoms with Crippen LogP contribution in [0.3, 0.4) is 0 Å². The number of nitrogens with zero attached hydrogens (tertiary/aromatic N) is 4. The van der Waals surface area contributed by atoms with Gasteiger partial charge in [0, 0.05) is 24.5 Å². The molecule has 0 aliphatic carbocycles. The number of fused-ring (bicyclic) bond motifs is 1. The fourth-order valence-electron chi connectivity index (χ4n) is 2.53. The maximum atomic E-state index is 6.04. The van der Waals surface area contributed by atoms with Crippen LogP contribution in [0.5, 0.6) is 0 Å². The standard InChI is InChI=1S/C13H17N5.2ClH/c14-12-4-1-5-13-11(12)3-2-6-17(13)7-8-18-10-15-9-16-18;;/h1,4-5,9-10H,2-3,6-8,14H2;2*1H. The zero-order valence-electron chi connectivity index (χ0n) is 11.1. The van der Waals surface area contributed by atoms with Crippen LogP contribution in [-0.2, 0) is 13.0 Å². The quantitative estimate of drug-likeness (QED) is 0.882. The average Bonchev–Trinajstić information content (AvgIpc) is 2.90. The molecule has 0 fully saturated rings. The Bertz CT molecular complexity index is 530. The molecule has 0 unspecified atom stereocenters. The molecule has 0 amide bonds. The Balaban J connectivity index is 0.000001000. The summed E-state index contributed by atoms with van der Waals surface area (Å²) in [5, 5.41) is 4.13. The summed E-state index contributed by atoms with van der Waals surface area (Å²) in [5.41, 5.74) is 9.53. The normalized spacial score (nSPS) is 13.1. The van der Waals surface area contributed by atoms with Crippen molar-refractivity contribution in [3.63, 3.8) is 0 Å². The molecule has 1 aliphatic rings. The lowest BCUT2D eigenvalue weighted by Gasteiger charge is -2.31. The van der Waals surface area contributed by atoms with Gasteiger partial charge in [-0.25, -0.2) is 4.98 Å². The fraction of sp³-hybridized carbons (Fsp3) is 0.385. The minimum absolute atomic E-state index is 0. The Morgan fingerprint density at radius 3 is 2.80 bits per heavy atom. The Labute approximate surface area is 131 Å². The molecule has 0 bridgehead atoms. The Morgan fingerprint density at radius 2 is 2.05 bits per heavy atom. The smallest absolute Gasteiger partial charge is 0.137 e. The first-order valence-electron chi connectivity index (χ1n) is 6.29. The number of rotatable bonds is 3. The lowest BCUT2D eigenvalue weighted by Crippen LogP contribution is -2.32. The van der Waals surface area contributed by atoms with Crippen LogP contribution in [0.4, 0.5) is 11.4 Å². The van der Waals surface area contributed by atoms with Crippen molar-refractivity contribution in [2.45, 2.75) is 19.4 Å². The van der Waals surface area contributed by atoms with Crippen molar-refractivity contribution in [3.8, 4) is 0 Å². The molecule has 0 radical (unpaired) electrons. The van der Waals surface area contributed by atoms with E-state index in [1.165, 1.54) is 17.7 Å². The lowest BCUT2D eigenvalue weighted by molar-refractivity contribution is 0.578. The maximum absolute atomic E-state index is 6.04. The summed E-state index contributed by atoms with van der Waals surface area (Å²) in [6, 6.07) is 6.17. The van der Waals surface area contributed by atoms with E-state index in [9.17, 15) is 0 Å². The number of nitrogen functional groups attached to an aromatic ring is 1. The van der Waals surface area contributed by atoms with E-state index in [1.807, 2.05) is 16.8 Å². The van der Waals surface area contributed by atoms with Crippen LogP contribution in [0.25, 0.3) is 0 Å². The van der Waals surface area contributed by atoms with Crippen molar-refractivity contribution in [3.05, 3.63) is 36.4 Å². The van der Waals surface area contributed by atoms with Gasteiger partial charge in [-0.15, -0.1) is 24.8 Å². The van der Waals surface area contributed by atoms with Gasteiger partial charge in [-0.3, -0.25) is 4.68 Å². The van der Waals surface area contributed by atoms with Gasteiger partial charge in [-0.1, -0.05) is 6.07 Å². The summed E-state index contributed by atoms with van der Waals surface area (Å²) in [6.45, 7) is 2.89. The molecule has 20 heavy (non-hydrogen) atoms. The Hall–Kier alpha value is -1.46. The van der Waals surface area contributed by atoms with E-state index in [0.29, 0.717) is 0 Å². The van der Waals surface area contributed by atoms with Crippen molar-refractivity contribution >= 4 is 36.2 Å². The summed E-state index contributed by atoms with van der Waals surface area (Å²) in [7, 11) is 0. The first-order valence-corrected chi connectivity index (χ1v) is 6.29. The number of halogens is 2. The molecule has 5 nitrogen and oxygen atoms in total. The molecule has 2 heterocycles. The molecule has 2 N–H and O–H groups in total. The highest BCUT2D eigenvalue weighted by Crippen LogP contribution is 2.30. The van der Waals surface area contributed by atoms with Crippen molar-refractivity contribution in [1.82, 2.24) is 14.8 Å². The number of benzene rings is 1. The second-order valence-corrected chi connectivity index (χ2v) is 4.59. The van der Waals surface area contributed by atoms with Crippen LogP contribution in [-0.4, -0.2) is 27.9 Å². The predicted octanol–water partition coefficient (Wildman–Crippen LogP) is 2.16. The summed E-state index contributed by atoms with van der Waals surface area (Å²) in [5.74, 6) is 0. The average molecular weight is 316 g/mol. The molecule has 0 spiro atoms. The van der Waals surface area contributed by atoms with Gasteiger partial charge < -0.3 is 10.6 Å². The van der Waals surface area contributed by atoms with Crippen molar-refractivity contribution in [1.29, 1.82) is 0 Å². The molecule has 2 aromatic rings. The summed E-state index contributed by atoms with van der Waals surface area (Å²) < 4.78 is 1.86. The summed E-state index contributed by atoms with van der Waals surface area (Å²) >= 11 is 0. The Kier molecular flexibility index (Phi) is 6.10. The molecule has 0 saturated carbocycles. The number of aromatic nitrogens is 3. The number of anilines is 2. The number of nitrogens with two attached hydrogens (primary N) is 1. The molecular formula is C13H19Cl2N5. The molecule has 0 atom stereocenters. The molecule has 1 aromatic heterocycles. The van der Waals surface area contributed by atoms with Crippen molar-refractivity contribution in [2.75, 3.05) is 23.7 Å². The Morgan fingerprint density at radius 1 is 1.20 bits per heavy atom. The highest BCUT2D eigenvalue weighted by atomic mass is 35.5. The van der Waals surface area contributed by atoms with Crippen molar-refractivity contribution in [2.24, 2.45) is 0 Å². The monoisotopic (exact) mass is 315 g/mol. The maximum Gasteiger partial charge on any atom is 0.137 e. The molecule has 1 aromatic carbocycles. The van der Waals surface area contributed by atoms with Gasteiger partial charge in [0.05, 0.1) is 6.54 Å². The highest BCUT2D eigenvalue weighted by molar-refractivity contribution is 5.85. The van der Waals surface area contributed by atoms with E-state index in [4.69, 9.17) is 5.73 Å². The highest BCUT2D eigenvalue weighted by Gasteiger charge is 2.18. The molecular weight excluding hydrogens is 297 g/mol. The van der Waals surface area contributed by atoms with Gasteiger partial charge in [-0.2, -0.15) is 5.10 Å². The fourth-order valence-corrected chi connectivity index (χ4v) is 2.53. The van der Waals surface area contributed by atoms with Crippen LogP contribution in [0.1, 0.15) is 12.0 Å². The van der Waals surface area contributed by atoms with E-state index < -0.39 is 0 Å². The van der Waals surface area contributed by atoms with Gasteiger partial charge >= 0.3 is 0 Å². The largest absolute Gasteiger partial charge is 0.398 e. The predicted molar refractivity (Wildman–Crippen MR) is 85.9 cm³/mol. The molecule has 3 rings (SSSR count). The minimum Gasteiger partial charge on any atom is -0.398 e. The number of hydrogen-bond donors (Lipinski definition) is 1. The van der Waals surface area contributed by atoms with Gasteiger partial charge in [0.1, 0.15) is 12.7 Å². The van der Waals surface area contributed by atoms with Gasteiger partial charge in [-0.05, 0) is 30.5 Å². The topological polar surface area (TPSA) is 60.0 Å². The minimum atomic E-state index is 0. The van der Waals surface area contributed by atoms with E-state index in [-0.39, 0.29) is 24.8 Å². The SMILES string of the molecule is Cl.Cl.Nc1cccc2c1CCCN2CCn1cncn1. The van der Waals surface area contributed by atoms with Crippen LogP contribution in [0, 0.1) is 0 Å². The second kappa shape index (κ2) is 7.36. The zero-order chi connectivity index (χ0) is 12.4. The molecule has 110 valence electrons. The van der Waals surface area contributed by atoms with E-state index in [2.05, 4.69) is 21.0 Å². The third-order valence-corrected chi connectivity index (χ3v) is 3.45. The third-order valence-electron chi connectivity index (χ3n) is 3.45. The molecule has 1 aliphatic heterocycles. The first kappa shape index (κ1) is 16.6. The van der Waals surface area contributed by atoms with Crippen LogP contribution < -0.4 is 10.6 Å². The van der Waals surface area contributed by atoms with Crippen LogP contribution >= 0.6 is 24.8 Å². The van der Waals surface area contributed by atoms with Crippen molar-refractivity contribution < 1.29 is 0 Å². The molecule has 7 heteroatoms. The van der Waals surface area contributed by atoms with E-state index in [1.54, 1.807) is 12.7 Å². The van der Waals surface area contributed by atoms with E-state index in [0.717, 1.165) is 31.7 Å². The van der Waals surface area contributed by atoms with Gasteiger partial charge in [0.15, 0.2) is 0 Å². The first-order chi connectivity index (χ1) is 8.84. The lowest BCUT2D eigenvalue weighted by atomic mass is 10.00. The third kappa shape index (κ3) is 3.35.